The van der Waals surface area contributed by atoms with E-state index in [1.165, 1.54) is 17.0 Å². The lowest BCUT2D eigenvalue weighted by atomic mass is 9.91. The standard InChI is InChI=1S/C30H34F2N4O3/c1-34(2)28(37)16-8-19-7-15-26-25(17-19)33-30(36(26)20-9-12-22(39-3)13-10-20)27-5-4-6-29(38)35(27)21-11-14-23(31)24(32)18-21/h7-8,11,14-18,20,22,27H,4-6,9-10,12-13H2,1-3H3/t20-,22-,27-/m0/s1. The monoisotopic (exact) mass is 536 g/mol. The molecular weight excluding hydrogens is 502 g/mol. The molecule has 39 heavy (non-hydrogen) atoms. The maximum atomic E-state index is 14.2. The molecular formula is C30H34F2N4O3. The summed E-state index contributed by atoms with van der Waals surface area (Å²) in [5.74, 6) is -1.44. The summed E-state index contributed by atoms with van der Waals surface area (Å²) < 4.78 is 35.8. The zero-order valence-corrected chi connectivity index (χ0v) is 22.6. The molecule has 1 aliphatic heterocycles. The quantitative estimate of drug-likeness (QED) is 0.373. The minimum Gasteiger partial charge on any atom is -0.381 e. The number of likely N-dealkylation sites (N-methyl/N-ethyl adjacent to an activating group) is 1. The van der Waals surface area contributed by atoms with Gasteiger partial charge in [-0.05, 0) is 74.4 Å². The lowest BCUT2D eigenvalue weighted by Gasteiger charge is -2.37. The van der Waals surface area contributed by atoms with Gasteiger partial charge in [0.15, 0.2) is 11.6 Å². The minimum atomic E-state index is -0.986. The zero-order chi connectivity index (χ0) is 27.7. The molecule has 7 nitrogen and oxygen atoms in total. The summed E-state index contributed by atoms with van der Waals surface area (Å²) in [7, 11) is 5.14. The van der Waals surface area contributed by atoms with Crippen LogP contribution < -0.4 is 4.90 Å². The van der Waals surface area contributed by atoms with Crippen molar-refractivity contribution in [3.63, 3.8) is 0 Å². The van der Waals surface area contributed by atoms with Crippen LogP contribution in [0.15, 0.2) is 42.5 Å². The predicted molar refractivity (Wildman–Crippen MR) is 146 cm³/mol. The molecule has 206 valence electrons. The summed E-state index contributed by atoms with van der Waals surface area (Å²) in [5.41, 5.74) is 2.89. The number of benzene rings is 2. The molecule has 0 N–H and O–H groups in total. The molecule has 1 atom stereocenters. The number of ether oxygens (including phenoxy) is 1. The molecule has 5 rings (SSSR count). The number of imidazole rings is 1. The average molecular weight is 537 g/mol. The fourth-order valence-corrected chi connectivity index (χ4v) is 5.79. The highest BCUT2D eigenvalue weighted by Crippen LogP contribution is 2.41. The van der Waals surface area contributed by atoms with E-state index in [2.05, 4.69) is 4.57 Å². The minimum absolute atomic E-state index is 0.112. The molecule has 0 unspecified atom stereocenters. The number of piperidine rings is 1. The van der Waals surface area contributed by atoms with Gasteiger partial charge in [-0.15, -0.1) is 0 Å². The smallest absolute Gasteiger partial charge is 0.246 e. The van der Waals surface area contributed by atoms with Gasteiger partial charge in [0.25, 0.3) is 0 Å². The van der Waals surface area contributed by atoms with Crippen LogP contribution in [-0.2, 0) is 14.3 Å². The lowest BCUT2D eigenvalue weighted by molar-refractivity contribution is -0.123. The Bertz CT molecular complexity index is 1410. The number of aromatic nitrogens is 2. The largest absolute Gasteiger partial charge is 0.381 e. The van der Waals surface area contributed by atoms with E-state index in [-0.39, 0.29) is 24.0 Å². The number of hydrogen-bond donors (Lipinski definition) is 0. The number of hydrogen-bond acceptors (Lipinski definition) is 4. The third-order valence-corrected chi connectivity index (χ3v) is 7.87. The van der Waals surface area contributed by atoms with Gasteiger partial charge in [-0.3, -0.25) is 9.59 Å². The highest BCUT2D eigenvalue weighted by molar-refractivity contribution is 5.95. The van der Waals surface area contributed by atoms with Crippen molar-refractivity contribution in [3.05, 3.63) is 65.5 Å². The number of anilines is 1. The van der Waals surface area contributed by atoms with Crippen LogP contribution >= 0.6 is 0 Å². The van der Waals surface area contributed by atoms with Gasteiger partial charge in [-0.1, -0.05) is 6.07 Å². The number of halogens is 2. The second-order valence-electron chi connectivity index (χ2n) is 10.6. The average Bonchev–Trinajstić information content (AvgIpc) is 3.31. The van der Waals surface area contributed by atoms with E-state index in [4.69, 9.17) is 9.72 Å². The third kappa shape index (κ3) is 5.45. The summed E-state index contributed by atoms with van der Waals surface area (Å²) in [6.45, 7) is 0. The molecule has 2 amide bonds. The van der Waals surface area contributed by atoms with Gasteiger partial charge < -0.3 is 19.1 Å². The summed E-state index contributed by atoms with van der Waals surface area (Å²) in [6, 6.07) is 9.27. The lowest BCUT2D eigenvalue weighted by Crippen LogP contribution is -2.40. The van der Waals surface area contributed by atoms with E-state index in [0.717, 1.165) is 60.2 Å². The number of carbonyl (C=O) groups is 2. The Labute approximate surface area is 227 Å². The molecule has 2 fully saturated rings. The molecule has 2 aromatic carbocycles. The molecule has 1 saturated heterocycles. The van der Waals surface area contributed by atoms with Crippen molar-refractivity contribution in [2.75, 3.05) is 26.1 Å². The molecule has 1 aromatic heterocycles. The summed E-state index contributed by atoms with van der Waals surface area (Å²) in [6.07, 6.45) is 8.84. The van der Waals surface area contributed by atoms with Crippen molar-refractivity contribution in [2.24, 2.45) is 0 Å². The second-order valence-corrected chi connectivity index (χ2v) is 10.6. The number of nitrogens with zero attached hydrogens (tertiary/aromatic N) is 4. The van der Waals surface area contributed by atoms with Gasteiger partial charge in [0.2, 0.25) is 11.8 Å². The van der Waals surface area contributed by atoms with Crippen LogP contribution in [-0.4, -0.2) is 53.6 Å². The first-order valence-corrected chi connectivity index (χ1v) is 13.5. The first-order valence-electron chi connectivity index (χ1n) is 13.5. The van der Waals surface area contributed by atoms with Crippen molar-refractivity contribution in [2.45, 2.75) is 63.1 Å². The number of rotatable bonds is 6. The van der Waals surface area contributed by atoms with Gasteiger partial charge in [0, 0.05) is 51.5 Å². The summed E-state index contributed by atoms with van der Waals surface area (Å²) in [5, 5.41) is 0. The molecule has 2 heterocycles. The highest BCUT2D eigenvalue weighted by Gasteiger charge is 2.36. The van der Waals surface area contributed by atoms with Gasteiger partial charge in [0.1, 0.15) is 5.82 Å². The van der Waals surface area contributed by atoms with E-state index in [1.807, 2.05) is 18.2 Å². The number of amides is 2. The summed E-state index contributed by atoms with van der Waals surface area (Å²) >= 11 is 0. The normalized spacial score (nSPS) is 22.1. The van der Waals surface area contributed by atoms with Crippen LogP contribution in [0, 0.1) is 11.6 Å². The zero-order valence-electron chi connectivity index (χ0n) is 22.6. The number of fused-ring (bicyclic) bond motifs is 1. The Morgan fingerprint density at radius 1 is 1.05 bits per heavy atom. The van der Waals surface area contributed by atoms with Crippen molar-refractivity contribution in [3.8, 4) is 0 Å². The highest BCUT2D eigenvalue weighted by atomic mass is 19.2. The Balaban J connectivity index is 1.61. The van der Waals surface area contributed by atoms with Crippen LogP contribution in [0.25, 0.3) is 17.1 Å². The van der Waals surface area contributed by atoms with Crippen LogP contribution in [0.1, 0.15) is 68.4 Å². The third-order valence-electron chi connectivity index (χ3n) is 7.87. The molecule has 0 spiro atoms. The summed E-state index contributed by atoms with van der Waals surface area (Å²) in [4.78, 5) is 33.5. The van der Waals surface area contributed by atoms with Gasteiger partial charge in [0.05, 0.1) is 23.2 Å². The van der Waals surface area contributed by atoms with E-state index in [1.54, 1.807) is 32.2 Å². The van der Waals surface area contributed by atoms with Crippen LogP contribution in [0.4, 0.5) is 14.5 Å². The molecule has 2 aliphatic rings. The van der Waals surface area contributed by atoms with Crippen LogP contribution in [0.2, 0.25) is 0 Å². The van der Waals surface area contributed by atoms with Crippen molar-refractivity contribution in [1.29, 1.82) is 0 Å². The van der Waals surface area contributed by atoms with Gasteiger partial charge in [-0.25, -0.2) is 13.8 Å². The molecule has 0 radical (unpaired) electrons. The first kappa shape index (κ1) is 27.0. The number of methoxy groups -OCH3 is 1. The maximum absolute atomic E-state index is 14.2. The molecule has 1 saturated carbocycles. The van der Waals surface area contributed by atoms with Crippen molar-refractivity contribution in [1.82, 2.24) is 14.5 Å². The van der Waals surface area contributed by atoms with Gasteiger partial charge in [-0.2, -0.15) is 0 Å². The SMILES string of the molecule is CO[C@H]1CC[C@H](n2c([C@@H]3CCCC(=O)N3c3ccc(F)c(F)c3)nc3cc(C=CC(=O)N(C)C)ccc32)CC1. The Morgan fingerprint density at radius 2 is 1.82 bits per heavy atom. The molecule has 3 aromatic rings. The van der Waals surface area contributed by atoms with E-state index in [9.17, 15) is 18.4 Å². The fraction of sp³-hybridized carbons (Fsp3) is 0.433. The molecule has 9 heteroatoms. The van der Waals surface area contributed by atoms with Crippen molar-refractivity contribution < 1.29 is 23.1 Å². The fourth-order valence-electron chi connectivity index (χ4n) is 5.79. The van der Waals surface area contributed by atoms with Crippen LogP contribution in [0.3, 0.4) is 0 Å². The second kappa shape index (κ2) is 11.3. The van der Waals surface area contributed by atoms with E-state index < -0.39 is 17.7 Å². The Hall–Kier alpha value is -3.59. The molecule has 1 aliphatic carbocycles. The van der Waals surface area contributed by atoms with E-state index in [0.29, 0.717) is 24.9 Å². The van der Waals surface area contributed by atoms with E-state index >= 15 is 0 Å². The predicted octanol–water partition coefficient (Wildman–Crippen LogP) is 5.80. The Kier molecular flexibility index (Phi) is 7.79. The molecule has 0 bridgehead atoms. The topological polar surface area (TPSA) is 67.7 Å². The van der Waals surface area contributed by atoms with Gasteiger partial charge >= 0.3 is 0 Å². The first-order chi connectivity index (χ1) is 18.8. The maximum Gasteiger partial charge on any atom is 0.246 e. The van der Waals surface area contributed by atoms with Crippen LogP contribution in [0.5, 0.6) is 0 Å². The Morgan fingerprint density at radius 3 is 2.51 bits per heavy atom. The number of carbonyl (C=O) groups excluding carboxylic acids is 2. The van der Waals surface area contributed by atoms with Crippen molar-refractivity contribution >= 4 is 34.6 Å².